The van der Waals surface area contributed by atoms with Crippen LogP contribution in [0.5, 0.6) is 5.88 Å². The number of hydrogen-bond donors (Lipinski definition) is 0. The monoisotopic (exact) mass is 574 g/mol. The van der Waals surface area contributed by atoms with Gasteiger partial charge in [-0.1, -0.05) is 43.8 Å². The zero-order valence-electron chi connectivity index (χ0n) is 25.1. The third-order valence-corrected chi connectivity index (χ3v) is 9.38. The zero-order chi connectivity index (χ0) is 30.1. The van der Waals surface area contributed by atoms with Crippen LogP contribution in [-0.2, 0) is 17.6 Å². The minimum absolute atomic E-state index is 0.174. The standard InChI is InChI=1S/C35H38N6O2/c1-5-33(42)41-15-14-40(21-27(41)20-37-3)34-29-12-11-25(28-10-6-8-24-16-23(2)17-30(24)28)18-32(29)38-35(31(34)19-36)43-22-26-9-7-13-39(26)4/h5-6,8,10-12,18,23,26-27H,1,7,9,13-17,20-22H2,2,4H3/t23?,26-,27-/m0/s1. The maximum atomic E-state index is 12.6. The number of benzene rings is 2. The van der Waals surface area contributed by atoms with Crippen LogP contribution in [0.1, 0.15) is 36.5 Å². The molecule has 2 aliphatic heterocycles. The van der Waals surface area contributed by atoms with E-state index < -0.39 is 0 Å². The van der Waals surface area contributed by atoms with Crippen LogP contribution in [0.25, 0.3) is 26.9 Å². The van der Waals surface area contributed by atoms with Gasteiger partial charge >= 0.3 is 0 Å². The fourth-order valence-corrected chi connectivity index (χ4v) is 7.15. The molecule has 1 amide bonds. The molecule has 0 saturated carbocycles. The summed E-state index contributed by atoms with van der Waals surface area (Å²) < 4.78 is 6.38. The van der Waals surface area contributed by atoms with Crippen molar-refractivity contribution in [2.24, 2.45) is 5.92 Å². The minimum atomic E-state index is -0.309. The predicted molar refractivity (Wildman–Crippen MR) is 169 cm³/mol. The van der Waals surface area contributed by atoms with Crippen LogP contribution in [0.3, 0.4) is 0 Å². The first-order valence-corrected chi connectivity index (χ1v) is 15.2. The highest BCUT2D eigenvalue weighted by atomic mass is 16.5. The molecule has 0 N–H and O–H groups in total. The van der Waals surface area contributed by atoms with Crippen molar-refractivity contribution in [3.05, 3.63) is 77.2 Å². The fourth-order valence-electron chi connectivity index (χ4n) is 7.15. The van der Waals surface area contributed by atoms with Crippen molar-refractivity contribution >= 4 is 22.5 Å². The van der Waals surface area contributed by atoms with Crippen molar-refractivity contribution < 1.29 is 9.53 Å². The number of rotatable bonds is 7. The molecule has 220 valence electrons. The molecule has 1 aromatic heterocycles. The van der Waals surface area contributed by atoms with Crippen molar-refractivity contribution in [1.82, 2.24) is 14.8 Å². The summed E-state index contributed by atoms with van der Waals surface area (Å²) in [4.78, 5) is 27.4. The van der Waals surface area contributed by atoms with Crippen LogP contribution in [-0.4, -0.2) is 79.2 Å². The van der Waals surface area contributed by atoms with Gasteiger partial charge in [0.1, 0.15) is 24.3 Å². The normalized spacial score (nSPS) is 21.8. The molecule has 1 aliphatic carbocycles. The molecule has 6 rings (SSSR count). The Hall–Kier alpha value is -4.40. The largest absolute Gasteiger partial charge is 0.475 e. The zero-order valence-corrected chi connectivity index (χ0v) is 25.1. The fraction of sp³-hybridized carbons (Fsp3) is 0.429. The Labute approximate surface area is 254 Å². The number of carbonyl (C=O) groups is 1. The summed E-state index contributed by atoms with van der Waals surface area (Å²) in [5.41, 5.74) is 7.11. The Morgan fingerprint density at radius 3 is 2.84 bits per heavy atom. The molecule has 3 aromatic rings. The number of amides is 1. The number of pyridine rings is 1. The lowest BCUT2D eigenvalue weighted by atomic mass is 9.95. The number of hydrogen-bond acceptors (Lipinski definition) is 6. The van der Waals surface area contributed by atoms with Crippen molar-refractivity contribution in [3.8, 4) is 23.1 Å². The number of aromatic nitrogens is 1. The first-order valence-electron chi connectivity index (χ1n) is 15.2. The number of anilines is 1. The minimum Gasteiger partial charge on any atom is -0.475 e. The number of piperazine rings is 1. The van der Waals surface area contributed by atoms with Gasteiger partial charge in [-0.05, 0) is 79.6 Å². The Morgan fingerprint density at radius 1 is 1.23 bits per heavy atom. The van der Waals surface area contributed by atoms with Crippen molar-refractivity contribution in [3.63, 3.8) is 0 Å². The van der Waals surface area contributed by atoms with Gasteiger partial charge in [-0.2, -0.15) is 5.26 Å². The van der Waals surface area contributed by atoms with E-state index in [0.29, 0.717) is 43.6 Å². The molecule has 2 aromatic carbocycles. The van der Waals surface area contributed by atoms with Crippen LogP contribution in [0.2, 0.25) is 0 Å². The summed E-state index contributed by atoms with van der Waals surface area (Å²) in [7, 11) is 2.11. The van der Waals surface area contributed by atoms with E-state index in [1.54, 1.807) is 4.90 Å². The van der Waals surface area contributed by atoms with E-state index in [0.717, 1.165) is 54.4 Å². The van der Waals surface area contributed by atoms with Crippen molar-refractivity contribution in [2.75, 3.05) is 51.3 Å². The van der Waals surface area contributed by atoms with E-state index in [2.05, 4.69) is 77.7 Å². The molecule has 0 radical (unpaired) electrons. The lowest BCUT2D eigenvalue weighted by Gasteiger charge is -2.40. The van der Waals surface area contributed by atoms with E-state index in [9.17, 15) is 10.1 Å². The summed E-state index contributed by atoms with van der Waals surface area (Å²) in [6.45, 7) is 16.6. The highest BCUT2D eigenvalue weighted by molar-refractivity contribution is 5.98. The maximum Gasteiger partial charge on any atom is 0.246 e. The summed E-state index contributed by atoms with van der Waals surface area (Å²) in [5.74, 6) is 0.802. The smallest absolute Gasteiger partial charge is 0.246 e. The van der Waals surface area contributed by atoms with E-state index in [4.69, 9.17) is 16.3 Å². The number of nitriles is 1. The Balaban J connectivity index is 1.45. The molecule has 3 atom stereocenters. The second-order valence-corrected chi connectivity index (χ2v) is 12.2. The van der Waals surface area contributed by atoms with E-state index in [1.807, 2.05) is 0 Å². The topological polar surface area (TPSA) is 77.1 Å². The molecule has 43 heavy (non-hydrogen) atoms. The Kier molecular flexibility index (Phi) is 8.06. The molecule has 2 fully saturated rings. The summed E-state index contributed by atoms with van der Waals surface area (Å²) in [6.07, 6.45) is 5.66. The van der Waals surface area contributed by atoms with Gasteiger partial charge in [-0.15, -0.1) is 0 Å². The molecule has 2 saturated heterocycles. The number of likely N-dealkylation sites (N-methyl/N-ethyl adjacent to an activating group) is 1. The Bertz CT molecular complexity index is 1650. The quantitative estimate of drug-likeness (QED) is 0.289. The average Bonchev–Trinajstić information content (AvgIpc) is 3.62. The second kappa shape index (κ2) is 12.1. The van der Waals surface area contributed by atoms with Gasteiger partial charge in [-0.3, -0.25) is 4.79 Å². The lowest BCUT2D eigenvalue weighted by molar-refractivity contribution is -0.128. The van der Waals surface area contributed by atoms with Crippen molar-refractivity contribution in [1.29, 1.82) is 5.26 Å². The Morgan fingerprint density at radius 2 is 2.09 bits per heavy atom. The maximum absolute atomic E-state index is 12.6. The van der Waals surface area contributed by atoms with Gasteiger partial charge in [0.05, 0.1) is 11.2 Å². The predicted octanol–water partition coefficient (Wildman–Crippen LogP) is 5.10. The van der Waals surface area contributed by atoms with Gasteiger partial charge in [0.15, 0.2) is 0 Å². The lowest BCUT2D eigenvalue weighted by Crippen LogP contribution is -2.56. The third kappa shape index (κ3) is 5.44. The average molecular weight is 575 g/mol. The van der Waals surface area contributed by atoms with Gasteiger partial charge in [-0.25, -0.2) is 11.6 Å². The van der Waals surface area contributed by atoms with Crippen LogP contribution < -0.4 is 9.64 Å². The first-order chi connectivity index (χ1) is 20.9. The van der Waals surface area contributed by atoms with Crippen LogP contribution >= 0.6 is 0 Å². The molecule has 0 spiro atoms. The van der Waals surface area contributed by atoms with Crippen LogP contribution in [0.15, 0.2) is 49.1 Å². The summed E-state index contributed by atoms with van der Waals surface area (Å²) >= 11 is 0. The molecule has 3 heterocycles. The number of likely N-dealkylation sites (tertiary alicyclic amines) is 1. The highest BCUT2D eigenvalue weighted by Crippen LogP contribution is 2.40. The molecule has 0 bridgehead atoms. The van der Waals surface area contributed by atoms with Crippen molar-refractivity contribution in [2.45, 2.75) is 44.7 Å². The van der Waals surface area contributed by atoms with E-state index in [1.165, 1.54) is 22.8 Å². The SMILES string of the molecule is [C-]#[N+]C[C@H]1CN(c2c(C#N)c(OC[C@@H]3CCCN3C)nc3cc(-c4cccc5c4CC(C)C5)ccc23)CCN1C(=O)C=C. The summed E-state index contributed by atoms with van der Waals surface area (Å²) in [6, 6.07) is 15.3. The number of nitrogens with zero attached hydrogens (tertiary/aromatic N) is 6. The first kappa shape index (κ1) is 28.7. The molecule has 3 aliphatic rings. The summed E-state index contributed by atoms with van der Waals surface area (Å²) in [5, 5.41) is 11.4. The van der Waals surface area contributed by atoms with Crippen LogP contribution in [0, 0.1) is 23.8 Å². The number of carbonyl (C=O) groups excluding carboxylic acids is 1. The van der Waals surface area contributed by atoms with Gasteiger partial charge in [0.2, 0.25) is 18.3 Å². The molecular formula is C35H38N6O2. The molecule has 8 nitrogen and oxygen atoms in total. The highest BCUT2D eigenvalue weighted by Gasteiger charge is 2.34. The number of ether oxygens (including phenoxy) is 1. The molecule has 8 heteroatoms. The van der Waals surface area contributed by atoms with Gasteiger partial charge < -0.3 is 24.3 Å². The van der Waals surface area contributed by atoms with Gasteiger partial charge in [0.25, 0.3) is 0 Å². The van der Waals surface area contributed by atoms with Crippen LogP contribution in [0.4, 0.5) is 5.69 Å². The molecule has 1 unspecified atom stereocenters. The van der Waals surface area contributed by atoms with Gasteiger partial charge in [0, 0.05) is 31.1 Å². The second-order valence-electron chi connectivity index (χ2n) is 12.2. The number of fused-ring (bicyclic) bond motifs is 2. The third-order valence-electron chi connectivity index (χ3n) is 9.38. The van der Waals surface area contributed by atoms with E-state index >= 15 is 0 Å². The van der Waals surface area contributed by atoms with E-state index in [-0.39, 0.29) is 24.5 Å². The molecular weight excluding hydrogens is 536 g/mol.